The van der Waals surface area contributed by atoms with Crippen LogP contribution >= 0.6 is 24.0 Å². The second-order valence-corrected chi connectivity index (χ2v) is 6.80. The monoisotopic (exact) mass is 472 g/mol. The lowest BCUT2D eigenvalue weighted by molar-refractivity contribution is -0.127. The van der Waals surface area contributed by atoms with Crippen molar-refractivity contribution in [3.8, 4) is 0 Å². The van der Waals surface area contributed by atoms with Crippen molar-refractivity contribution in [2.24, 2.45) is 4.99 Å². The molecule has 0 radical (unpaired) electrons. The molecule has 0 aromatic heterocycles. The summed E-state index contributed by atoms with van der Waals surface area (Å²) in [4.78, 5) is 18.3. The van der Waals surface area contributed by atoms with E-state index in [4.69, 9.17) is 4.99 Å². The molecule has 1 aliphatic heterocycles. The highest BCUT2D eigenvalue weighted by Gasteiger charge is 2.18. The second-order valence-electron chi connectivity index (χ2n) is 6.80. The zero-order chi connectivity index (χ0) is 18.1. The molecule has 0 bridgehead atoms. The number of nitrogens with zero attached hydrogens (tertiary/aromatic N) is 2. The van der Waals surface area contributed by atoms with Gasteiger partial charge in [-0.3, -0.25) is 9.79 Å². The van der Waals surface area contributed by atoms with Gasteiger partial charge in [-0.15, -0.1) is 24.0 Å². The van der Waals surface area contributed by atoms with Crippen LogP contribution in [0.5, 0.6) is 0 Å². The average Bonchev–Trinajstić information content (AvgIpc) is 3.01. The topological polar surface area (TPSA) is 56.7 Å². The van der Waals surface area contributed by atoms with Crippen LogP contribution in [0.25, 0.3) is 0 Å². The summed E-state index contributed by atoms with van der Waals surface area (Å²) in [6, 6.07) is 8.62. The maximum atomic E-state index is 11.6. The minimum Gasteiger partial charge on any atom is -0.357 e. The van der Waals surface area contributed by atoms with E-state index in [2.05, 4.69) is 55.7 Å². The highest BCUT2D eigenvalue weighted by Crippen LogP contribution is 2.16. The number of aryl methyl sites for hydroxylation is 1. The highest BCUT2D eigenvalue weighted by atomic mass is 127. The van der Waals surface area contributed by atoms with Crippen molar-refractivity contribution < 1.29 is 4.79 Å². The number of carbonyl (C=O) groups excluding carboxylic acids is 1. The number of hydrogen-bond donors (Lipinski definition) is 2. The third kappa shape index (κ3) is 7.51. The Kier molecular flexibility index (Phi) is 10.6. The molecule has 1 amide bonds. The molecule has 1 aromatic carbocycles. The number of aliphatic imine (C=N–C) groups is 1. The molecule has 6 heteroatoms. The van der Waals surface area contributed by atoms with Gasteiger partial charge in [0.15, 0.2) is 5.96 Å². The summed E-state index contributed by atoms with van der Waals surface area (Å²) in [6.45, 7) is 10.6. The van der Waals surface area contributed by atoms with Crippen LogP contribution in [0.3, 0.4) is 0 Å². The second kappa shape index (κ2) is 12.1. The Morgan fingerprint density at radius 3 is 2.81 bits per heavy atom. The Morgan fingerprint density at radius 2 is 2.15 bits per heavy atom. The van der Waals surface area contributed by atoms with Gasteiger partial charge in [-0.1, -0.05) is 36.8 Å². The number of likely N-dealkylation sites (tertiary alicyclic amines) is 1. The van der Waals surface area contributed by atoms with Crippen molar-refractivity contribution in [2.45, 2.75) is 46.0 Å². The molecule has 1 aromatic rings. The predicted octanol–water partition coefficient (Wildman–Crippen LogP) is 3.28. The molecule has 26 heavy (non-hydrogen) atoms. The predicted molar refractivity (Wildman–Crippen MR) is 119 cm³/mol. The van der Waals surface area contributed by atoms with Crippen LogP contribution in [0.2, 0.25) is 0 Å². The van der Waals surface area contributed by atoms with Crippen molar-refractivity contribution >= 4 is 35.8 Å². The summed E-state index contributed by atoms with van der Waals surface area (Å²) in [5, 5.41) is 6.67. The van der Waals surface area contributed by atoms with Crippen LogP contribution in [-0.4, -0.2) is 49.5 Å². The number of guanidine groups is 1. The molecule has 1 saturated heterocycles. The van der Waals surface area contributed by atoms with Gasteiger partial charge in [-0.25, -0.2) is 0 Å². The van der Waals surface area contributed by atoms with Gasteiger partial charge in [0.2, 0.25) is 5.91 Å². The van der Waals surface area contributed by atoms with E-state index in [-0.39, 0.29) is 24.0 Å². The first-order valence-electron chi connectivity index (χ1n) is 9.46. The minimum absolute atomic E-state index is 0. The summed E-state index contributed by atoms with van der Waals surface area (Å²) in [5.41, 5.74) is 2.61. The minimum atomic E-state index is 0. The van der Waals surface area contributed by atoms with Crippen molar-refractivity contribution in [2.75, 3.05) is 32.7 Å². The number of amides is 1. The van der Waals surface area contributed by atoms with Crippen LogP contribution < -0.4 is 10.6 Å². The molecular formula is C20H33IN4O. The first kappa shape index (κ1) is 22.7. The first-order valence-corrected chi connectivity index (χ1v) is 9.46. The maximum absolute atomic E-state index is 11.6. The molecular weight excluding hydrogens is 439 g/mol. The lowest BCUT2D eigenvalue weighted by Crippen LogP contribution is -2.39. The van der Waals surface area contributed by atoms with E-state index in [1.807, 2.05) is 4.90 Å². The Balaban J connectivity index is 0.00000338. The summed E-state index contributed by atoms with van der Waals surface area (Å²) in [7, 11) is 0. The zero-order valence-corrected chi connectivity index (χ0v) is 18.6. The molecule has 1 unspecified atom stereocenters. The Hall–Kier alpha value is -1.31. The normalized spacial score (nSPS) is 15.6. The molecule has 2 rings (SSSR count). The zero-order valence-electron chi connectivity index (χ0n) is 16.3. The van der Waals surface area contributed by atoms with Gasteiger partial charge in [0.05, 0.1) is 0 Å². The van der Waals surface area contributed by atoms with Crippen molar-refractivity contribution in [1.82, 2.24) is 15.5 Å². The van der Waals surface area contributed by atoms with Crippen molar-refractivity contribution in [1.29, 1.82) is 0 Å². The SMILES string of the molecule is CCNC(=NCC(C)c1cccc(C)c1)NCCCN1CCCC1=O.I. The third-order valence-corrected chi connectivity index (χ3v) is 4.55. The Labute approximate surface area is 175 Å². The molecule has 5 nitrogen and oxygen atoms in total. The molecule has 1 heterocycles. The number of nitrogens with one attached hydrogen (secondary N) is 2. The fourth-order valence-corrected chi connectivity index (χ4v) is 3.07. The van der Waals surface area contributed by atoms with E-state index in [1.54, 1.807) is 0 Å². The van der Waals surface area contributed by atoms with Crippen LogP contribution in [0.1, 0.15) is 50.2 Å². The largest absolute Gasteiger partial charge is 0.357 e. The average molecular weight is 472 g/mol. The summed E-state index contributed by atoms with van der Waals surface area (Å²) < 4.78 is 0. The quantitative estimate of drug-likeness (QED) is 0.264. The van der Waals surface area contributed by atoms with Crippen LogP contribution in [-0.2, 0) is 4.79 Å². The number of hydrogen-bond acceptors (Lipinski definition) is 2. The lowest BCUT2D eigenvalue weighted by atomic mass is 10.00. The van der Waals surface area contributed by atoms with E-state index in [0.29, 0.717) is 18.2 Å². The van der Waals surface area contributed by atoms with Gasteiger partial charge in [0.25, 0.3) is 0 Å². The van der Waals surface area contributed by atoms with Crippen LogP contribution in [0.4, 0.5) is 0 Å². The molecule has 146 valence electrons. The fraction of sp³-hybridized carbons (Fsp3) is 0.600. The summed E-state index contributed by atoms with van der Waals surface area (Å²) >= 11 is 0. The van der Waals surface area contributed by atoms with Gasteiger partial charge < -0.3 is 15.5 Å². The van der Waals surface area contributed by atoms with Gasteiger partial charge in [-0.2, -0.15) is 0 Å². The van der Waals surface area contributed by atoms with E-state index in [1.165, 1.54) is 11.1 Å². The number of halogens is 1. The van der Waals surface area contributed by atoms with E-state index < -0.39 is 0 Å². The number of rotatable bonds is 8. The molecule has 2 N–H and O–H groups in total. The first-order chi connectivity index (χ1) is 12.1. The van der Waals surface area contributed by atoms with Crippen molar-refractivity contribution in [3.05, 3.63) is 35.4 Å². The maximum Gasteiger partial charge on any atom is 0.222 e. The van der Waals surface area contributed by atoms with E-state index in [9.17, 15) is 4.79 Å². The molecule has 1 atom stereocenters. The van der Waals surface area contributed by atoms with Gasteiger partial charge in [-0.05, 0) is 32.3 Å². The third-order valence-electron chi connectivity index (χ3n) is 4.55. The number of benzene rings is 1. The Bertz CT molecular complexity index is 591. The standard InChI is InChI=1S/C20H32N4O.HI/c1-4-21-20(22-11-7-13-24-12-6-10-19(24)25)23-15-17(3)18-9-5-8-16(2)14-18;/h5,8-9,14,17H,4,6-7,10-13,15H2,1-3H3,(H2,21,22,23);1H. The van der Waals surface area contributed by atoms with Gasteiger partial charge in [0.1, 0.15) is 0 Å². The van der Waals surface area contributed by atoms with E-state index >= 15 is 0 Å². The molecule has 0 saturated carbocycles. The van der Waals surface area contributed by atoms with E-state index in [0.717, 1.165) is 51.5 Å². The molecule has 1 fully saturated rings. The smallest absolute Gasteiger partial charge is 0.222 e. The van der Waals surface area contributed by atoms with Gasteiger partial charge >= 0.3 is 0 Å². The van der Waals surface area contributed by atoms with Gasteiger partial charge in [0, 0.05) is 45.1 Å². The fourth-order valence-electron chi connectivity index (χ4n) is 3.07. The van der Waals surface area contributed by atoms with Crippen LogP contribution in [0, 0.1) is 6.92 Å². The van der Waals surface area contributed by atoms with Crippen molar-refractivity contribution in [3.63, 3.8) is 0 Å². The molecule has 1 aliphatic rings. The molecule has 0 aliphatic carbocycles. The lowest BCUT2D eigenvalue weighted by Gasteiger charge is -2.17. The highest BCUT2D eigenvalue weighted by molar-refractivity contribution is 14.0. The van der Waals surface area contributed by atoms with Crippen LogP contribution in [0.15, 0.2) is 29.3 Å². The summed E-state index contributed by atoms with van der Waals surface area (Å²) in [6.07, 6.45) is 2.67. The molecule has 0 spiro atoms. The number of carbonyl (C=O) groups is 1. The Morgan fingerprint density at radius 1 is 1.35 bits per heavy atom. The summed E-state index contributed by atoms with van der Waals surface area (Å²) in [5.74, 6) is 1.54.